The van der Waals surface area contributed by atoms with Crippen LogP contribution in [-0.2, 0) is 16.0 Å². The summed E-state index contributed by atoms with van der Waals surface area (Å²) in [7, 11) is 0. The van der Waals surface area contributed by atoms with Gasteiger partial charge in [-0.15, -0.1) is 0 Å². The van der Waals surface area contributed by atoms with E-state index in [1.165, 1.54) is 0 Å². The number of fused-ring (bicyclic) bond motifs is 1. The molecular weight excluding hydrogens is 254 g/mol. The molecule has 1 saturated heterocycles. The highest BCUT2D eigenvalue weighted by atomic mass is 16.5. The zero-order valence-electron chi connectivity index (χ0n) is 11.3. The first-order valence-corrected chi connectivity index (χ1v) is 6.93. The molecule has 0 spiro atoms. The van der Waals surface area contributed by atoms with Gasteiger partial charge in [-0.25, -0.2) is 0 Å². The summed E-state index contributed by atoms with van der Waals surface area (Å²) in [4.78, 5) is 15.3. The second-order valence-electron chi connectivity index (χ2n) is 5.24. The molecule has 0 aliphatic carbocycles. The molecule has 2 atom stereocenters. The molecule has 1 amide bonds. The van der Waals surface area contributed by atoms with E-state index in [9.17, 15) is 4.79 Å². The number of H-pyrrole nitrogens is 1. The molecule has 2 aromatic rings. The van der Waals surface area contributed by atoms with E-state index in [-0.39, 0.29) is 11.9 Å². The summed E-state index contributed by atoms with van der Waals surface area (Å²) in [5.74, 6) is -0.106. The number of hydrogen-bond acceptors (Lipinski definition) is 3. The normalized spacial score (nSPS) is 20.1. The standard InChI is InChI=1S/C15H19N3O2/c16-13(15(19)18-11-5-6-20-9-11)7-10-8-17-14-4-2-1-3-12(10)14/h1-4,8,11,13,17H,5-7,9,16H2,(H,18,19)/t11?,13-/m1/s1. The number of aromatic nitrogens is 1. The molecule has 1 fully saturated rings. The molecule has 4 N–H and O–H groups in total. The fraction of sp³-hybridized carbons (Fsp3) is 0.400. The van der Waals surface area contributed by atoms with Gasteiger partial charge in [-0.3, -0.25) is 4.79 Å². The first-order chi connectivity index (χ1) is 9.74. The predicted octanol–water partition coefficient (Wildman–Crippen LogP) is 0.943. The molecule has 1 aromatic carbocycles. The first kappa shape index (κ1) is 13.1. The minimum absolute atomic E-state index is 0.106. The number of carbonyl (C=O) groups excluding carboxylic acids is 1. The number of amides is 1. The Hall–Kier alpha value is -1.85. The van der Waals surface area contributed by atoms with Crippen molar-refractivity contribution in [3.63, 3.8) is 0 Å². The van der Waals surface area contributed by atoms with E-state index >= 15 is 0 Å². The number of rotatable bonds is 4. The summed E-state index contributed by atoms with van der Waals surface area (Å²) >= 11 is 0. The summed E-state index contributed by atoms with van der Waals surface area (Å²) in [5.41, 5.74) is 8.15. The number of benzene rings is 1. The van der Waals surface area contributed by atoms with E-state index in [4.69, 9.17) is 10.5 Å². The summed E-state index contributed by atoms with van der Waals surface area (Å²) in [6, 6.07) is 7.60. The molecule has 20 heavy (non-hydrogen) atoms. The first-order valence-electron chi connectivity index (χ1n) is 6.93. The summed E-state index contributed by atoms with van der Waals surface area (Å²) in [5, 5.41) is 4.06. The monoisotopic (exact) mass is 273 g/mol. The van der Waals surface area contributed by atoms with Gasteiger partial charge in [-0.1, -0.05) is 18.2 Å². The Morgan fingerprint density at radius 1 is 1.50 bits per heavy atom. The molecule has 5 heteroatoms. The van der Waals surface area contributed by atoms with Crippen molar-refractivity contribution in [2.24, 2.45) is 5.73 Å². The molecule has 0 saturated carbocycles. The van der Waals surface area contributed by atoms with Crippen molar-refractivity contribution in [3.05, 3.63) is 36.0 Å². The minimum atomic E-state index is -0.533. The maximum Gasteiger partial charge on any atom is 0.237 e. The molecular formula is C15H19N3O2. The number of hydrogen-bond donors (Lipinski definition) is 3. The molecule has 106 valence electrons. The predicted molar refractivity (Wildman–Crippen MR) is 77.3 cm³/mol. The van der Waals surface area contributed by atoms with Crippen LogP contribution in [0.4, 0.5) is 0 Å². The van der Waals surface area contributed by atoms with Gasteiger partial charge in [-0.05, 0) is 24.5 Å². The Kier molecular flexibility index (Phi) is 3.71. The van der Waals surface area contributed by atoms with Crippen LogP contribution in [0.5, 0.6) is 0 Å². The van der Waals surface area contributed by atoms with E-state index in [2.05, 4.69) is 10.3 Å². The molecule has 1 aliphatic heterocycles. The lowest BCUT2D eigenvalue weighted by atomic mass is 10.0. The maximum atomic E-state index is 12.1. The van der Waals surface area contributed by atoms with Gasteiger partial charge < -0.3 is 20.8 Å². The third kappa shape index (κ3) is 2.69. The average molecular weight is 273 g/mol. The quantitative estimate of drug-likeness (QED) is 0.775. The molecule has 3 rings (SSSR count). The molecule has 1 aromatic heterocycles. The molecule has 0 bridgehead atoms. The lowest BCUT2D eigenvalue weighted by Crippen LogP contribution is -2.46. The van der Waals surface area contributed by atoms with Gasteiger partial charge in [-0.2, -0.15) is 0 Å². The van der Waals surface area contributed by atoms with Gasteiger partial charge in [0.2, 0.25) is 5.91 Å². The van der Waals surface area contributed by atoms with Crippen molar-refractivity contribution < 1.29 is 9.53 Å². The molecule has 2 heterocycles. The van der Waals surface area contributed by atoms with Crippen molar-refractivity contribution in [2.75, 3.05) is 13.2 Å². The number of ether oxygens (including phenoxy) is 1. The Morgan fingerprint density at radius 3 is 3.15 bits per heavy atom. The number of aromatic amines is 1. The van der Waals surface area contributed by atoms with E-state index < -0.39 is 6.04 Å². The lowest BCUT2D eigenvalue weighted by molar-refractivity contribution is -0.123. The number of nitrogens with two attached hydrogens (primary N) is 1. The lowest BCUT2D eigenvalue weighted by Gasteiger charge is -2.15. The largest absolute Gasteiger partial charge is 0.379 e. The van der Waals surface area contributed by atoms with Gasteiger partial charge >= 0.3 is 0 Å². The van der Waals surface area contributed by atoms with Gasteiger partial charge in [0.15, 0.2) is 0 Å². The number of nitrogens with one attached hydrogen (secondary N) is 2. The molecule has 5 nitrogen and oxygen atoms in total. The van der Waals surface area contributed by atoms with Crippen molar-refractivity contribution in [3.8, 4) is 0 Å². The molecule has 1 unspecified atom stereocenters. The fourth-order valence-corrected chi connectivity index (χ4v) is 2.59. The van der Waals surface area contributed by atoms with Crippen LogP contribution in [0.2, 0.25) is 0 Å². The molecule has 1 aliphatic rings. The van der Waals surface area contributed by atoms with Crippen LogP contribution >= 0.6 is 0 Å². The van der Waals surface area contributed by atoms with Gasteiger partial charge in [0.25, 0.3) is 0 Å². The third-order valence-corrected chi connectivity index (χ3v) is 3.73. The van der Waals surface area contributed by atoms with Crippen LogP contribution in [0.25, 0.3) is 10.9 Å². The van der Waals surface area contributed by atoms with E-state index in [1.54, 1.807) is 0 Å². The van der Waals surface area contributed by atoms with Crippen LogP contribution < -0.4 is 11.1 Å². The number of para-hydroxylation sites is 1. The Labute approximate surface area is 117 Å². The Balaban J connectivity index is 1.65. The van der Waals surface area contributed by atoms with Gasteiger partial charge in [0.1, 0.15) is 0 Å². The van der Waals surface area contributed by atoms with Crippen LogP contribution in [0.1, 0.15) is 12.0 Å². The summed E-state index contributed by atoms with van der Waals surface area (Å²) in [6.07, 6.45) is 3.32. The highest BCUT2D eigenvalue weighted by molar-refractivity contribution is 5.86. The van der Waals surface area contributed by atoms with E-state index in [0.717, 1.165) is 22.9 Å². The van der Waals surface area contributed by atoms with Crippen LogP contribution in [0, 0.1) is 0 Å². The average Bonchev–Trinajstić information content (AvgIpc) is 3.09. The smallest absolute Gasteiger partial charge is 0.237 e. The third-order valence-electron chi connectivity index (χ3n) is 3.73. The van der Waals surface area contributed by atoms with Gasteiger partial charge in [0.05, 0.1) is 18.7 Å². The van der Waals surface area contributed by atoms with E-state index in [0.29, 0.717) is 19.6 Å². The van der Waals surface area contributed by atoms with Crippen LogP contribution in [0.3, 0.4) is 0 Å². The Morgan fingerprint density at radius 2 is 2.35 bits per heavy atom. The maximum absolute atomic E-state index is 12.1. The van der Waals surface area contributed by atoms with E-state index in [1.807, 2.05) is 30.5 Å². The van der Waals surface area contributed by atoms with Crippen molar-refractivity contribution >= 4 is 16.8 Å². The van der Waals surface area contributed by atoms with Crippen molar-refractivity contribution in [1.29, 1.82) is 0 Å². The van der Waals surface area contributed by atoms with Crippen molar-refractivity contribution in [2.45, 2.75) is 24.9 Å². The van der Waals surface area contributed by atoms with Gasteiger partial charge in [0, 0.05) is 23.7 Å². The SMILES string of the molecule is N[C@H](Cc1c[nH]c2ccccc12)C(=O)NC1CCOC1. The Bertz CT molecular complexity index is 602. The highest BCUT2D eigenvalue weighted by Gasteiger charge is 2.22. The van der Waals surface area contributed by atoms with Crippen molar-refractivity contribution in [1.82, 2.24) is 10.3 Å². The second kappa shape index (κ2) is 5.64. The topological polar surface area (TPSA) is 80.1 Å². The fourth-order valence-electron chi connectivity index (χ4n) is 2.59. The zero-order valence-corrected chi connectivity index (χ0v) is 11.3. The summed E-state index contributed by atoms with van der Waals surface area (Å²) in [6.45, 7) is 1.30. The minimum Gasteiger partial charge on any atom is -0.379 e. The van der Waals surface area contributed by atoms with Crippen LogP contribution in [0.15, 0.2) is 30.5 Å². The zero-order chi connectivity index (χ0) is 13.9. The summed E-state index contributed by atoms with van der Waals surface area (Å²) < 4.78 is 5.24. The second-order valence-corrected chi connectivity index (χ2v) is 5.24. The highest BCUT2D eigenvalue weighted by Crippen LogP contribution is 2.18. The molecule has 0 radical (unpaired) electrons. The van der Waals surface area contributed by atoms with Crippen LogP contribution in [-0.4, -0.2) is 36.2 Å². The number of carbonyl (C=O) groups is 1.